The van der Waals surface area contributed by atoms with Crippen LogP contribution < -0.4 is 4.74 Å². The van der Waals surface area contributed by atoms with Crippen molar-refractivity contribution in [1.82, 2.24) is 15.0 Å². The number of pyridine rings is 1. The standard InChI is InChI=1S/C13H7ClN4O3/c14-12-11(18(19)20)13(17-7-16-12)21-9-5-8-3-1-2-4-10(8)15-6-9/h1-7H. The van der Waals surface area contributed by atoms with Gasteiger partial charge in [0.2, 0.25) is 5.15 Å². The van der Waals surface area contributed by atoms with Crippen LogP contribution >= 0.6 is 11.6 Å². The van der Waals surface area contributed by atoms with Gasteiger partial charge in [-0.15, -0.1) is 0 Å². The van der Waals surface area contributed by atoms with E-state index in [1.54, 1.807) is 6.07 Å². The summed E-state index contributed by atoms with van der Waals surface area (Å²) in [7, 11) is 0. The molecule has 0 unspecified atom stereocenters. The van der Waals surface area contributed by atoms with Gasteiger partial charge in [0.15, 0.2) is 0 Å². The van der Waals surface area contributed by atoms with Gasteiger partial charge in [0.05, 0.1) is 16.6 Å². The Bertz CT molecular complexity index is 841. The van der Waals surface area contributed by atoms with Crippen molar-refractivity contribution in [3.05, 3.63) is 58.1 Å². The van der Waals surface area contributed by atoms with Crippen LogP contribution in [0.4, 0.5) is 5.69 Å². The Morgan fingerprint density at radius 3 is 2.81 bits per heavy atom. The van der Waals surface area contributed by atoms with Gasteiger partial charge >= 0.3 is 11.6 Å². The lowest BCUT2D eigenvalue weighted by molar-refractivity contribution is -0.386. The van der Waals surface area contributed by atoms with Crippen LogP contribution in [0.3, 0.4) is 0 Å². The maximum Gasteiger partial charge on any atom is 0.368 e. The first-order valence-corrected chi connectivity index (χ1v) is 6.20. The van der Waals surface area contributed by atoms with Gasteiger partial charge in [0.1, 0.15) is 12.1 Å². The lowest BCUT2D eigenvalue weighted by Crippen LogP contribution is -1.98. The topological polar surface area (TPSA) is 91.0 Å². The molecule has 3 aromatic rings. The van der Waals surface area contributed by atoms with Crippen LogP contribution in [0, 0.1) is 10.1 Å². The SMILES string of the molecule is O=[N+]([O-])c1c(Cl)ncnc1Oc1cnc2ccccc2c1. The Labute approximate surface area is 123 Å². The van der Waals surface area contributed by atoms with Crippen molar-refractivity contribution in [2.75, 3.05) is 0 Å². The lowest BCUT2D eigenvalue weighted by Gasteiger charge is -2.06. The normalized spacial score (nSPS) is 10.5. The predicted molar refractivity (Wildman–Crippen MR) is 75.5 cm³/mol. The van der Waals surface area contributed by atoms with Gasteiger partial charge in [0, 0.05) is 5.39 Å². The Morgan fingerprint density at radius 1 is 1.19 bits per heavy atom. The van der Waals surface area contributed by atoms with Gasteiger partial charge in [-0.1, -0.05) is 29.8 Å². The maximum absolute atomic E-state index is 11.0. The number of hydrogen-bond acceptors (Lipinski definition) is 6. The second-order valence-corrected chi connectivity index (χ2v) is 4.40. The van der Waals surface area contributed by atoms with E-state index in [9.17, 15) is 10.1 Å². The summed E-state index contributed by atoms with van der Waals surface area (Å²) >= 11 is 5.70. The molecule has 0 radical (unpaired) electrons. The van der Waals surface area contributed by atoms with E-state index in [4.69, 9.17) is 16.3 Å². The molecule has 1 aromatic carbocycles. The first-order chi connectivity index (χ1) is 10.1. The lowest BCUT2D eigenvalue weighted by atomic mass is 10.2. The fourth-order valence-corrected chi connectivity index (χ4v) is 1.98. The Kier molecular flexibility index (Phi) is 3.33. The minimum Gasteiger partial charge on any atom is -0.432 e. The van der Waals surface area contributed by atoms with Gasteiger partial charge in [-0.25, -0.2) is 4.98 Å². The molecule has 0 bridgehead atoms. The molecule has 8 heteroatoms. The first kappa shape index (κ1) is 13.2. The first-order valence-electron chi connectivity index (χ1n) is 5.82. The van der Waals surface area contributed by atoms with Crippen molar-refractivity contribution >= 4 is 28.2 Å². The highest BCUT2D eigenvalue weighted by atomic mass is 35.5. The second kappa shape index (κ2) is 5.29. The zero-order chi connectivity index (χ0) is 14.8. The molecule has 7 nitrogen and oxygen atoms in total. The van der Waals surface area contributed by atoms with E-state index in [1.165, 1.54) is 6.20 Å². The largest absolute Gasteiger partial charge is 0.432 e. The molecule has 0 saturated carbocycles. The number of nitrogens with zero attached hydrogens (tertiary/aromatic N) is 4. The van der Waals surface area contributed by atoms with E-state index in [0.717, 1.165) is 17.2 Å². The fraction of sp³-hybridized carbons (Fsp3) is 0. The van der Waals surface area contributed by atoms with E-state index in [1.807, 2.05) is 24.3 Å². The second-order valence-electron chi connectivity index (χ2n) is 4.04. The number of benzene rings is 1. The van der Waals surface area contributed by atoms with Gasteiger partial charge in [-0.3, -0.25) is 15.1 Å². The van der Waals surface area contributed by atoms with Gasteiger partial charge in [-0.05, 0) is 12.1 Å². The van der Waals surface area contributed by atoms with Crippen molar-refractivity contribution in [3.63, 3.8) is 0 Å². The van der Waals surface area contributed by atoms with Crippen molar-refractivity contribution in [1.29, 1.82) is 0 Å². The predicted octanol–water partition coefficient (Wildman–Crippen LogP) is 3.38. The summed E-state index contributed by atoms with van der Waals surface area (Å²) in [5, 5.41) is 11.6. The molecule has 0 amide bonds. The summed E-state index contributed by atoms with van der Waals surface area (Å²) in [5.74, 6) is 0.101. The van der Waals surface area contributed by atoms with Crippen LogP contribution in [-0.4, -0.2) is 19.9 Å². The third-order valence-electron chi connectivity index (χ3n) is 2.71. The molecular formula is C13H7ClN4O3. The molecule has 0 aliphatic heterocycles. The zero-order valence-electron chi connectivity index (χ0n) is 10.4. The van der Waals surface area contributed by atoms with Crippen LogP contribution in [0.25, 0.3) is 10.9 Å². The highest BCUT2D eigenvalue weighted by molar-refractivity contribution is 6.31. The third-order valence-corrected chi connectivity index (χ3v) is 2.98. The minimum absolute atomic E-state index is 0.225. The minimum atomic E-state index is -0.688. The average molecular weight is 303 g/mol. The molecule has 3 rings (SSSR count). The maximum atomic E-state index is 11.0. The summed E-state index contributed by atoms with van der Waals surface area (Å²) in [4.78, 5) is 21.8. The van der Waals surface area contributed by atoms with Crippen LogP contribution in [0.1, 0.15) is 0 Å². The molecule has 0 aliphatic rings. The molecular weight excluding hydrogens is 296 g/mol. The molecule has 0 atom stereocenters. The Hall–Kier alpha value is -2.80. The van der Waals surface area contributed by atoms with Crippen molar-refractivity contribution in [2.45, 2.75) is 0 Å². The number of hydrogen-bond donors (Lipinski definition) is 0. The quantitative estimate of drug-likeness (QED) is 0.418. The van der Waals surface area contributed by atoms with Gasteiger partial charge < -0.3 is 4.74 Å². The van der Waals surface area contributed by atoms with Crippen LogP contribution in [0.15, 0.2) is 42.9 Å². The van der Waals surface area contributed by atoms with Gasteiger partial charge in [-0.2, -0.15) is 4.98 Å². The van der Waals surface area contributed by atoms with Crippen molar-refractivity contribution < 1.29 is 9.66 Å². The van der Waals surface area contributed by atoms with Crippen LogP contribution in [-0.2, 0) is 0 Å². The van der Waals surface area contributed by atoms with Crippen molar-refractivity contribution in [3.8, 4) is 11.6 Å². The summed E-state index contributed by atoms with van der Waals surface area (Å²) in [5.41, 5.74) is 0.312. The van der Waals surface area contributed by atoms with Crippen LogP contribution in [0.2, 0.25) is 5.15 Å². The molecule has 0 N–H and O–H groups in total. The Balaban J connectivity index is 2.02. The highest BCUT2D eigenvalue weighted by Gasteiger charge is 2.23. The number of nitro groups is 1. The van der Waals surface area contributed by atoms with Crippen LogP contribution in [0.5, 0.6) is 11.6 Å². The molecule has 2 heterocycles. The van der Waals surface area contributed by atoms with E-state index >= 15 is 0 Å². The summed E-state index contributed by atoms with van der Waals surface area (Å²) in [6.07, 6.45) is 2.56. The van der Waals surface area contributed by atoms with E-state index < -0.39 is 10.6 Å². The molecule has 21 heavy (non-hydrogen) atoms. The monoisotopic (exact) mass is 302 g/mol. The molecule has 0 saturated heterocycles. The zero-order valence-corrected chi connectivity index (χ0v) is 11.2. The summed E-state index contributed by atoms with van der Waals surface area (Å²) in [6.45, 7) is 0. The number of fused-ring (bicyclic) bond motifs is 1. The number of halogens is 1. The number of ether oxygens (including phenoxy) is 1. The van der Waals surface area contributed by atoms with E-state index in [-0.39, 0.29) is 11.0 Å². The molecule has 0 spiro atoms. The molecule has 2 aromatic heterocycles. The van der Waals surface area contributed by atoms with E-state index in [2.05, 4.69) is 15.0 Å². The number of rotatable bonds is 3. The number of para-hydroxylation sites is 1. The highest BCUT2D eigenvalue weighted by Crippen LogP contribution is 2.33. The van der Waals surface area contributed by atoms with E-state index in [0.29, 0.717) is 5.75 Å². The van der Waals surface area contributed by atoms with Crippen molar-refractivity contribution in [2.24, 2.45) is 0 Å². The summed E-state index contributed by atoms with van der Waals surface area (Å²) < 4.78 is 5.42. The fourth-order valence-electron chi connectivity index (χ4n) is 1.79. The third kappa shape index (κ3) is 2.59. The van der Waals surface area contributed by atoms with Gasteiger partial charge in [0.25, 0.3) is 0 Å². The smallest absolute Gasteiger partial charge is 0.368 e. The number of aromatic nitrogens is 3. The summed E-state index contributed by atoms with van der Waals surface area (Å²) in [6, 6.07) is 9.14. The Morgan fingerprint density at radius 2 is 2.00 bits per heavy atom. The molecule has 104 valence electrons. The molecule has 0 aliphatic carbocycles. The molecule has 0 fully saturated rings. The average Bonchev–Trinajstić information content (AvgIpc) is 2.47.